The van der Waals surface area contributed by atoms with E-state index in [-0.39, 0.29) is 0 Å². The summed E-state index contributed by atoms with van der Waals surface area (Å²) in [4.78, 5) is 10.3. The highest BCUT2D eigenvalue weighted by Crippen LogP contribution is 2.36. The molecule has 0 spiro atoms. The number of phenols is 1. The van der Waals surface area contributed by atoms with Gasteiger partial charge in [0.1, 0.15) is 5.75 Å². The number of hydrogen-bond acceptors (Lipinski definition) is 2. The number of benzene rings is 11. The van der Waals surface area contributed by atoms with E-state index < -0.39 is 0 Å². The molecule has 1 aliphatic rings. The van der Waals surface area contributed by atoms with Crippen molar-refractivity contribution in [2.45, 2.75) is 296 Å². The van der Waals surface area contributed by atoms with Gasteiger partial charge in [-0.15, -0.1) is 0 Å². The van der Waals surface area contributed by atoms with Gasteiger partial charge in [-0.05, 0) is 233 Å². The molecule has 3 N–H and O–H groups in total. The van der Waals surface area contributed by atoms with Crippen LogP contribution in [0.15, 0.2) is 292 Å². The van der Waals surface area contributed by atoms with E-state index in [1.165, 1.54) is 170 Å². The molecule has 125 heavy (non-hydrogen) atoms. The highest BCUT2D eigenvalue weighted by atomic mass is 16.3. The molecule has 1 saturated carbocycles. The van der Waals surface area contributed by atoms with E-state index in [2.05, 4.69) is 457 Å². The molecule has 14 rings (SSSR count). The van der Waals surface area contributed by atoms with Crippen molar-refractivity contribution in [1.82, 2.24) is 15.0 Å². The van der Waals surface area contributed by atoms with Crippen LogP contribution in [-0.4, -0.2) is 20.1 Å². The third kappa shape index (κ3) is 46.5. The average molecular weight is 1680 g/mol. The van der Waals surface area contributed by atoms with Crippen LogP contribution in [0.2, 0.25) is 0 Å². The third-order valence-electron chi connectivity index (χ3n) is 21.6. The lowest BCUT2D eigenvalue weighted by molar-refractivity contribution is 0.240. The minimum Gasteiger partial charge on any atom is -0.508 e. The van der Waals surface area contributed by atoms with Crippen LogP contribution >= 0.6 is 0 Å². The van der Waals surface area contributed by atoms with Crippen molar-refractivity contribution >= 4 is 32.4 Å². The number of aryl methyl sites for hydroxylation is 3. The molecule has 0 atom stereocenters. The monoisotopic (exact) mass is 1680 g/mol. The van der Waals surface area contributed by atoms with E-state index in [1.807, 2.05) is 18.3 Å². The normalized spacial score (nSPS) is 12.7. The molecule has 1 fully saturated rings. The summed E-state index contributed by atoms with van der Waals surface area (Å²) in [6, 6.07) is 96.1. The maximum atomic E-state index is 9.08. The summed E-state index contributed by atoms with van der Waals surface area (Å²) in [6.45, 7) is 61.6. The molecule has 4 heteroatoms. The molecule has 11 aromatic carbocycles. The Labute approximate surface area is 762 Å². The van der Waals surface area contributed by atoms with Gasteiger partial charge in [-0.2, -0.15) is 0 Å². The molecule has 0 radical (unpaired) electrons. The second-order valence-electron chi connectivity index (χ2n) is 46.2. The summed E-state index contributed by atoms with van der Waals surface area (Å²) in [5.74, 6) is 1.39. The lowest BCUT2D eigenvalue weighted by Crippen LogP contribution is -2.15. The van der Waals surface area contributed by atoms with E-state index >= 15 is 0 Å². The first-order chi connectivity index (χ1) is 58.5. The molecular formula is C121H167N3O. The van der Waals surface area contributed by atoms with Crippen LogP contribution < -0.4 is 0 Å². The SMILES string of the molecule is CC(C)(C)CC1CCCCC1.CC(C)(C)CCc1ccc(-c2ccccc2)cc1.CC(C)(C)CCc1ccc(O)cc1.CC(C)(C)CCc1ccccc1.CC(C)(C)Cc1c[nH]c2ccccc12.CC(C)(C)Cc1ccc(-c2ccccc2)cc1.CC(C)(C)Cc1ccc2ccccc2c1.CC(C)(C)Cc1cccc2ccccc12.CC(C)(C)Cc1cnc[nH]1. The van der Waals surface area contributed by atoms with Gasteiger partial charge in [0.25, 0.3) is 0 Å². The first-order valence-corrected chi connectivity index (χ1v) is 47.0. The summed E-state index contributed by atoms with van der Waals surface area (Å²) >= 11 is 0. The standard InChI is InChI=1S/C18H22.C17H20.2C15H18.C13H17N.C12H18O.C12H18.C11H22.C8H14N2/c1-18(2,3)14-13-15-9-11-17(12-10-15)16-7-5-4-6-8-16;1-17(2,3)13-14-9-11-16(12-10-14)15-7-5-4-6-8-15;1-15(2,3)11-13-9-6-8-12-7-4-5-10-14(12)13;1-15(2,3)11-12-8-9-13-6-4-5-7-14(13)10-12;1-13(2,3)8-10-9-14-12-7-5-4-6-11(10)12;1-12(2,3)9-8-10-4-6-11(13)7-5-10;1-12(2,3)10-9-11-7-5-4-6-8-11;1-11(2,3)9-10-7-5-4-6-8-10;1-8(2,3)4-7-5-9-6-10-7/h4-12H,13-14H2,1-3H3;4-12H,13H2,1-3H3;2*4-10H,11H2,1-3H3;4-7,9,14H,8H2,1-3H3;4-7,13H,8-9H2,1-3H3;4-8H,9-10H2,1-3H3;10H,4-9H2,1-3H3;5-6H,4H2,1-3H3,(H,9,10). The van der Waals surface area contributed by atoms with Crippen molar-refractivity contribution in [2.24, 2.45) is 54.7 Å². The van der Waals surface area contributed by atoms with Gasteiger partial charge >= 0.3 is 0 Å². The van der Waals surface area contributed by atoms with Crippen molar-refractivity contribution in [3.8, 4) is 28.0 Å². The van der Waals surface area contributed by atoms with Gasteiger partial charge in [0, 0.05) is 29.0 Å². The topological polar surface area (TPSA) is 64.7 Å². The van der Waals surface area contributed by atoms with Crippen molar-refractivity contribution in [2.75, 3.05) is 0 Å². The van der Waals surface area contributed by atoms with E-state index in [0.717, 1.165) is 44.4 Å². The number of phenolic OH excluding ortho intramolecular Hbond substituents is 1. The lowest BCUT2D eigenvalue weighted by Gasteiger charge is -2.28. The van der Waals surface area contributed by atoms with E-state index in [9.17, 15) is 0 Å². The van der Waals surface area contributed by atoms with Crippen molar-refractivity contribution in [3.05, 3.63) is 336 Å². The Morgan fingerprint density at radius 1 is 0.288 bits per heavy atom. The predicted molar refractivity (Wildman–Crippen MR) is 553 cm³/mol. The fourth-order valence-electron chi connectivity index (χ4n) is 15.5. The molecule has 0 saturated heterocycles. The summed E-state index contributed by atoms with van der Waals surface area (Å²) < 4.78 is 0. The number of aromatic nitrogens is 3. The van der Waals surface area contributed by atoms with Crippen molar-refractivity contribution in [1.29, 1.82) is 0 Å². The van der Waals surface area contributed by atoms with E-state index in [4.69, 9.17) is 5.11 Å². The molecule has 13 aromatic rings. The van der Waals surface area contributed by atoms with Crippen LogP contribution in [0.4, 0.5) is 0 Å². The van der Waals surface area contributed by atoms with Crippen LogP contribution in [0.3, 0.4) is 0 Å². The van der Waals surface area contributed by atoms with Gasteiger partial charge in [0.15, 0.2) is 0 Å². The average Bonchev–Trinajstić information content (AvgIpc) is 1.57. The molecular weight excluding hydrogens is 1510 g/mol. The van der Waals surface area contributed by atoms with E-state index in [0.29, 0.717) is 54.5 Å². The second kappa shape index (κ2) is 49.6. The molecule has 2 aromatic heterocycles. The number of aromatic amines is 2. The lowest BCUT2D eigenvalue weighted by atomic mass is 9.78. The van der Waals surface area contributed by atoms with E-state index in [1.54, 1.807) is 18.5 Å². The van der Waals surface area contributed by atoms with Gasteiger partial charge in [0.2, 0.25) is 0 Å². The van der Waals surface area contributed by atoms with Crippen molar-refractivity contribution < 1.29 is 5.11 Å². The highest BCUT2D eigenvalue weighted by Gasteiger charge is 2.22. The van der Waals surface area contributed by atoms with Crippen LogP contribution in [0, 0.1) is 54.7 Å². The van der Waals surface area contributed by atoms with Gasteiger partial charge in [-0.1, -0.05) is 474 Å². The van der Waals surface area contributed by atoms with Gasteiger partial charge in [-0.3, -0.25) is 0 Å². The first-order valence-electron chi connectivity index (χ1n) is 47.0. The van der Waals surface area contributed by atoms with Crippen molar-refractivity contribution in [3.63, 3.8) is 0 Å². The molecule has 0 unspecified atom stereocenters. The Kier molecular flexibility index (Phi) is 41.3. The molecule has 0 bridgehead atoms. The quantitative estimate of drug-likeness (QED) is 0.102. The number of nitrogens with zero attached hydrogens (tertiary/aromatic N) is 1. The number of nitrogens with one attached hydrogen (secondary N) is 2. The summed E-state index contributed by atoms with van der Waals surface area (Å²) in [7, 11) is 0. The summed E-state index contributed by atoms with van der Waals surface area (Å²) in [5, 5.41) is 15.9. The Morgan fingerprint density at radius 3 is 1.12 bits per heavy atom. The number of imidazole rings is 1. The number of H-pyrrole nitrogens is 2. The zero-order valence-corrected chi connectivity index (χ0v) is 83.2. The largest absolute Gasteiger partial charge is 0.508 e. The van der Waals surface area contributed by atoms with Crippen LogP contribution in [0.25, 0.3) is 54.7 Å². The molecule has 1 aliphatic carbocycles. The Bertz CT molecular complexity index is 5040. The number of fused-ring (bicyclic) bond motifs is 3. The minimum atomic E-state index is 0.347. The first kappa shape index (κ1) is 104. The molecule has 0 amide bonds. The number of rotatable bonds is 14. The van der Waals surface area contributed by atoms with Crippen LogP contribution in [0.5, 0.6) is 5.75 Å². The molecule has 672 valence electrons. The maximum absolute atomic E-state index is 9.08. The number of para-hydroxylation sites is 1. The minimum absolute atomic E-state index is 0.347. The van der Waals surface area contributed by atoms with Gasteiger partial charge in [0.05, 0.1) is 6.33 Å². The fourth-order valence-corrected chi connectivity index (χ4v) is 15.5. The van der Waals surface area contributed by atoms with Gasteiger partial charge < -0.3 is 15.1 Å². The third-order valence-corrected chi connectivity index (χ3v) is 21.6. The fraction of sp³-hybridized carbons (Fsp3) is 0.446. The predicted octanol–water partition coefficient (Wildman–Crippen LogP) is 35.9. The zero-order chi connectivity index (χ0) is 92.1. The molecule has 2 heterocycles. The van der Waals surface area contributed by atoms with Crippen LogP contribution in [0.1, 0.15) is 289 Å². The number of hydrogen-bond donors (Lipinski definition) is 3. The summed E-state index contributed by atoms with van der Waals surface area (Å²) in [6.07, 6.45) is 27.3. The Balaban J connectivity index is 0.000000218. The molecule has 4 nitrogen and oxygen atoms in total. The van der Waals surface area contributed by atoms with Crippen LogP contribution in [-0.2, 0) is 51.4 Å². The molecule has 0 aliphatic heterocycles. The highest BCUT2D eigenvalue weighted by molar-refractivity contribution is 5.86. The number of aromatic hydroxyl groups is 1. The smallest absolute Gasteiger partial charge is 0.115 e. The van der Waals surface area contributed by atoms with Gasteiger partial charge in [-0.25, -0.2) is 4.98 Å². The Hall–Kier alpha value is -9.51. The second-order valence-corrected chi connectivity index (χ2v) is 46.2. The maximum Gasteiger partial charge on any atom is 0.115 e. The zero-order valence-electron chi connectivity index (χ0n) is 83.2. The Morgan fingerprint density at radius 2 is 0.664 bits per heavy atom. The summed E-state index contributed by atoms with van der Waals surface area (Å²) in [5.41, 5.74) is 21.1.